The van der Waals surface area contributed by atoms with Crippen LogP contribution in [-0.2, 0) is 32.2 Å². The number of urea groups is 1. The number of aromatic carboxylic acids is 1. The van der Waals surface area contributed by atoms with Gasteiger partial charge in [-0.3, -0.25) is 4.79 Å². The van der Waals surface area contributed by atoms with E-state index < -0.39 is 24.3 Å². The lowest BCUT2D eigenvalue weighted by atomic mass is 9.91. The maximum Gasteiger partial charge on any atom is 0.336 e. The molecular formula is C38H40N2O8S. The highest BCUT2D eigenvalue weighted by molar-refractivity contribution is 7.99. The molecule has 1 heterocycles. The maximum atomic E-state index is 12.2. The molecule has 1 saturated heterocycles. The van der Waals surface area contributed by atoms with E-state index in [1.165, 1.54) is 11.8 Å². The lowest BCUT2D eigenvalue weighted by Gasteiger charge is -2.41. The molecule has 2 amide bonds. The largest absolute Gasteiger partial charge is 0.478 e. The van der Waals surface area contributed by atoms with E-state index in [2.05, 4.69) is 17.6 Å². The number of benzene rings is 4. The molecule has 49 heavy (non-hydrogen) atoms. The normalized spacial score (nSPS) is 18.8. The number of aliphatic hydroxyl groups excluding tert-OH is 1. The van der Waals surface area contributed by atoms with Gasteiger partial charge in [-0.2, -0.15) is 0 Å². The van der Waals surface area contributed by atoms with Gasteiger partial charge in [-0.05, 0) is 59.0 Å². The Morgan fingerprint density at radius 1 is 0.837 bits per heavy atom. The number of carboxylic acid groups (broad SMARTS) is 1. The third-order valence-electron chi connectivity index (χ3n) is 8.21. The van der Waals surface area contributed by atoms with Crippen molar-refractivity contribution < 1.29 is 38.8 Å². The number of ether oxygens (including phenoxy) is 3. The first-order valence-electron chi connectivity index (χ1n) is 16.1. The summed E-state index contributed by atoms with van der Waals surface area (Å²) in [5.74, 6) is -1.03. The summed E-state index contributed by atoms with van der Waals surface area (Å²) in [7, 11) is 0. The molecule has 0 unspecified atom stereocenters. The second-order valence-electron chi connectivity index (χ2n) is 11.6. The molecule has 0 aliphatic carbocycles. The molecule has 0 spiro atoms. The number of rotatable bonds is 13. The van der Waals surface area contributed by atoms with Crippen LogP contribution in [0.3, 0.4) is 0 Å². The lowest BCUT2D eigenvalue weighted by molar-refractivity contribution is -0.268. The number of hydrogen-bond donors (Lipinski definition) is 4. The van der Waals surface area contributed by atoms with Gasteiger partial charge in [0.1, 0.15) is 6.54 Å². The maximum absolute atomic E-state index is 12.2. The second kappa shape index (κ2) is 17.1. The number of aliphatic hydroxyl groups is 1. The second-order valence-corrected chi connectivity index (χ2v) is 12.7. The van der Waals surface area contributed by atoms with Gasteiger partial charge in [0, 0.05) is 28.7 Å². The third kappa shape index (κ3) is 9.48. The number of thioether (sulfide) groups is 1. The first-order chi connectivity index (χ1) is 23.7. The Morgan fingerprint density at radius 3 is 2.31 bits per heavy atom. The minimum Gasteiger partial charge on any atom is -0.478 e. The summed E-state index contributed by atoms with van der Waals surface area (Å²) in [6.45, 7) is 4.02. The summed E-state index contributed by atoms with van der Waals surface area (Å²) in [6.07, 6.45) is -1.30. The number of esters is 1. The van der Waals surface area contributed by atoms with Crippen LogP contribution in [-0.4, -0.2) is 53.2 Å². The van der Waals surface area contributed by atoms with E-state index in [1.54, 1.807) is 19.1 Å². The highest BCUT2D eigenvalue weighted by Gasteiger charge is 2.38. The Bertz CT molecular complexity index is 1750. The van der Waals surface area contributed by atoms with Crippen molar-refractivity contribution in [2.45, 2.75) is 50.4 Å². The van der Waals surface area contributed by atoms with Gasteiger partial charge < -0.3 is 35.1 Å². The number of carbonyl (C=O) groups is 3. The predicted molar refractivity (Wildman–Crippen MR) is 186 cm³/mol. The highest BCUT2D eigenvalue weighted by atomic mass is 32.2. The van der Waals surface area contributed by atoms with Gasteiger partial charge in [0.25, 0.3) is 0 Å². The van der Waals surface area contributed by atoms with E-state index in [1.807, 2.05) is 84.9 Å². The molecule has 4 aromatic carbocycles. The van der Waals surface area contributed by atoms with Gasteiger partial charge >= 0.3 is 18.0 Å². The Kier molecular flexibility index (Phi) is 12.4. The topological polar surface area (TPSA) is 143 Å². The lowest BCUT2D eigenvalue weighted by Crippen LogP contribution is -2.38. The molecule has 10 nitrogen and oxygen atoms in total. The molecule has 4 atom stereocenters. The molecule has 0 radical (unpaired) electrons. The third-order valence-corrected chi connectivity index (χ3v) is 9.38. The van der Waals surface area contributed by atoms with Gasteiger partial charge in [0.05, 0.1) is 31.0 Å². The molecule has 1 fully saturated rings. The number of nitrogens with one attached hydrogen (secondary N) is 2. The van der Waals surface area contributed by atoms with Crippen molar-refractivity contribution in [2.24, 2.45) is 5.92 Å². The van der Waals surface area contributed by atoms with Crippen LogP contribution in [0, 0.1) is 5.92 Å². The zero-order valence-corrected chi connectivity index (χ0v) is 28.2. The first-order valence-corrected chi connectivity index (χ1v) is 17.1. The monoisotopic (exact) mass is 684 g/mol. The van der Waals surface area contributed by atoms with Crippen LogP contribution in [0.15, 0.2) is 102 Å². The molecule has 11 heteroatoms. The van der Waals surface area contributed by atoms with Gasteiger partial charge in [-0.25, -0.2) is 9.59 Å². The highest BCUT2D eigenvalue weighted by Crippen LogP contribution is 2.43. The van der Waals surface area contributed by atoms with Crippen molar-refractivity contribution >= 4 is 29.7 Å². The molecule has 5 rings (SSSR count). The van der Waals surface area contributed by atoms with Crippen LogP contribution >= 0.6 is 11.8 Å². The van der Waals surface area contributed by atoms with Gasteiger partial charge in [0.2, 0.25) is 0 Å². The average molecular weight is 685 g/mol. The van der Waals surface area contributed by atoms with E-state index in [4.69, 9.17) is 14.2 Å². The number of carbonyl (C=O) groups excluding carboxylic acids is 2. The van der Waals surface area contributed by atoms with Gasteiger partial charge in [-0.1, -0.05) is 79.7 Å². The molecule has 0 saturated carbocycles. The molecule has 1 aliphatic heterocycles. The SMILES string of the molecule is CCOC(=O)CNC(=O)NCc1cccc(-c2cccc([C@H]3O[C@@H](CSc4ccccc4C(=O)O)[C@@H](C)[C@@H](c4ccc(CO)cc4)O3)c2)c1. The van der Waals surface area contributed by atoms with Crippen molar-refractivity contribution in [3.63, 3.8) is 0 Å². The fourth-order valence-electron chi connectivity index (χ4n) is 5.59. The summed E-state index contributed by atoms with van der Waals surface area (Å²) in [5, 5.41) is 24.5. The number of hydrogen-bond acceptors (Lipinski definition) is 8. The van der Waals surface area contributed by atoms with Crippen LogP contribution in [0.1, 0.15) is 58.9 Å². The Balaban J connectivity index is 1.34. The summed E-state index contributed by atoms with van der Waals surface area (Å²) < 4.78 is 18.1. The molecule has 0 aromatic heterocycles. The summed E-state index contributed by atoms with van der Waals surface area (Å²) in [4.78, 5) is 36.2. The van der Waals surface area contributed by atoms with Crippen LogP contribution in [0.4, 0.5) is 4.79 Å². The number of amides is 2. The van der Waals surface area contributed by atoms with Crippen LogP contribution in [0.25, 0.3) is 11.1 Å². The van der Waals surface area contributed by atoms with E-state index in [9.17, 15) is 24.6 Å². The fraction of sp³-hybridized carbons (Fsp3) is 0.289. The van der Waals surface area contributed by atoms with Gasteiger partial charge in [0.15, 0.2) is 6.29 Å². The van der Waals surface area contributed by atoms with Gasteiger partial charge in [-0.15, -0.1) is 11.8 Å². The van der Waals surface area contributed by atoms with Crippen molar-refractivity contribution in [3.8, 4) is 11.1 Å². The van der Waals surface area contributed by atoms with Crippen molar-refractivity contribution in [1.82, 2.24) is 10.6 Å². The fourth-order valence-corrected chi connectivity index (χ4v) is 6.80. The van der Waals surface area contributed by atoms with Crippen LogP contribution in [0.5, 0.6) is 0 Å². The van der Waals surface area contributed by atoms with Crippen molar-refractivity contribution in [2.75, 3.05) is 18.9 Å². The van der Waals surface area contributed by atoms with E-state index >= 15 is 0 Å². The standard InChI is InChI=1S/C38H40N2O8S/c1-3-46-34(42)21-40-38(45)39-20-26-8-6-9-28(18-26)29-10-7-11-30(19-29)37-47-32(23-49-33-13-5-4-12-31(33)36(43)44)24(2)35(48-37)27-16-14-25(22-41)15-17-27/h4-19,24,32,35,37,41H,3,20-23H2,1-2H3,(H,43,44)(H2,39,40,45)/t24-,32+,35+,37+/m1/s1. The molecule has 1 aliphatic rings. The smallest absolute Gasteiger partial charge is 0.336 e. The average Bonchev–Trinajstić information content (AvgIpc) is 3.13. The summed E-state index contributed by atoms with van der Waals surface area (Å²) in [5.41, 5.74) is 5.58. The quantitative estimate of drug-likeness (QED) is 0.0918. The molecule has 0 bridgehead atoms. The van der Waals surface area contributed by atoms with E-state index in [0.29, 0.717) is 10.6 Å². The minimum atomic E-state index is -0.974. The molecule has 4 aromatic rings. The first kappa shape index (κ1) is 35.6. The summed E-state index contributed by atoms with van der Waals surface area (Å²) >= 11 is 1.45. The van der Waals surface area contributed by atoms with Crippen LogP contribution in [0.2, 0.25) is 0 Å². The van der Waals surface area contributed by atoms with Crippen LogP contribution < -0.4 is 10.6 Å². The molecule has 256 valence electrons. The van der Waals surface area contributed by atoms with Crippen molar-refractivity contribution in [1.29, 1.82) is 0 Å². The van der Waals surface area contributed by atoms with Crippen molar-refractivity contribution in [3.05, 3.63) is 125 Å². The molecular weight excluding hydrogens is 644 g/mol. The zero-order valence-electron chi connectivity index (χ0n) is 27.3. The number of carboxylic acids is 1. The van der Waals surface area contributed by atoms with E-state index in [-0.39, 0.29) is 50.0 Å². The van der Waals surface area contributed by atoms with E-state index in [0.717, 1.165) is 33.4 Å². The Morgan fingerprint density at radius 2 is 1.57 bits per heavy atom. The minimum absolute atomic E-state index is 0.0535. The Labute approximate surface area is 289 Å². The summed E-state index contributed by atoms with van der Waals surface area (Å²) in [6, 6.07) is 29.9. The Hall–Kier alpha value is -4.68. The predicted octanol–water partition coefficient (Wildman–Crippen LogP) is 6.49. The molecule has 4 N–H and O–H groups in total. The zero-order chi connectivity index (χ0) is 34.8.